The Morgan fingerprint density at radius 2 is 2.30 bits per heavy atom. The van der Waals surface area contributed by atoms with E-state index in [0.29, 0.717) is 29.9 Å². The van der Waals surface area contributed by atoms with Crippen LogP contribution in [0.2, 0.25) is 0 Å². The van der Waals surface area contributed by atoms with Gasteiger partial charge in [0.2, 0.25) is 5.91 Å². The molecule has 4 nitrogen and oxygen atoms in total. The summed E-state index contributed by atoms with van der Waals surface area (Å²) in [6.07, 6.45) is 8.13. The molecule has 4 heteroatoms. The predicted octanol–water partition coefficient (Wildman–Crippen LogP) is 1.84. The van der Waals surface area contributed by atoms with Crippen molar-refractivity contribution in [2.75, 3.05) is 19.7 Å². The third kappa shape index (κ3) is 2.60. The first-order valence-corrected chi connectivity index (χ1v) is 8.36. The van der Waals surface area contributed by atoms with Crippen molar-refractivity contribution in [3.63, 3.8) is 0 Å². The van der Waals surface area contributed by atoms with Gasteiger partial charge in [-0.25, -0.2) is 0 Å². The highest BCUT2D eigenvalue weighted by molar-refractivity contribution is 5.76. The van der Waals surface area contributed by atoms with Crippen molar-refractivity contribution < 1.29 is 9.53 Å². The maximum atomic E-state index is 12.1. The van der Waals surface area contributed by atoms with Crippen molar-refractivity contribution in [2.24, 2.45) is 11.3 Å². The van der Waals surface area contributed by atoms with Crippen LogP contribution in [-0.4, -0.2) is 37.7 Å². The number of carbonyl (C=O) groups is 1. The third-order valence-electron chi connectivity index (χ3n) is 5.71. The van der Waals surface area contributed by atoms with Crippen LogP contribution in [0.5, 0.6) is 0 Å². The van der Waals surface area contributed by atoms with Crippen LogP contribution in [0.1, 0.15) is 51.9 Å². The summed E-state index contributed by atoms with van der Waals surface area (Å²) >= 11 is 0. The Morgan fingerprint density at radius 1 is 1.45 bits per heavy atom. The van der Waals surface area contributed by atoms with E-state index in [2.05, 4.69) is 17.6 Å². The molecule has 0 aromatic carbocycles. The van der Waals surface area contributed by atoms with Crippen molar-refractivity contribution in [2.45, 2.75) is 64.0 Å². The highest BCUT2D eigenvalue weighted by Gasteiger charge is 2.59. The van der Waals surface area contributed by atoms with Crippen molar-refractivity contribution in [3.8, 4) is 0 Å². The molecular weight excluding hydrogens is 252 g/mol. The minimum absolute atomic E-state index is 0.253. The van der Waals surface area contributed by atoms with Gasteiger partial charge in [0.05, 0.1) is 6.10 Å². The molecule has 2 N–H and O–H groups in total. The standard InChI is InChI=1S/C16H28N2O2/c1-2-20-14-10-13(16(14)7-3-8-16)18-15(19)5-4-12-6-9-17-11-12/h12-14,17H,2-11H2,1H3,(H,18,19). The predicted molar refractivity (Wildman–Crippen MR) is 78.5 cm³/mol. The number of hydrogen-bond donors (Lipinski definition) is 2. The van der Waals surface area contributed by atoms with Crippen LogP contribution >= 0.6 is 0 Å². The van der Waals surface area contributed by atoms with Gasteiger partial charge in [0.25, 0.3) is 0 Å². The second kappa shape index (κ2) is 6.02. The second-order valence-corrected chi connectivity index (χ2v) is 6.78. The van der Waals surface area contributed by atoms with Gasteiger partial charge in [0, 0.05) is 24.5 Å². The highest BCUT2D eigenvalue weighted by atomic mass is 16.5. The van der Waals surface area contributed by atoms with Gasteiger partial charge >= 0.3 is 0 Å². The average Bonchev–Trinajstić information content (AvgIpc) is 2.86. The highest BCUT2D eigenvalue weighted by Crippen LogP contribution is 2.57. The lowest BCUT2D eigenvalue weighted by atomic mass is 9.51. The Kier molecular flexibility index (Phi) is 4.32. The van der Waals surface area contributed by atoms with E-state index >= 15 is 0 Å². The normalized spacial score (nSPS) is 34.5. The molecule has 1 aliphatic heterocycles. The van der Waals surface area contributed by atoms with Crippen molar-refractivity contribution in [3.05, 3.63) is 0 Å². The van der Waals surface area contributed by atoms with Gasteiger partial charge in [-0.1, -0.05) is 6.42 Å². The SMILES string of the molecule is CCOC1CC(NC(=O)CCC2CCNC2)C12CCC2. The number of nitrogens with one attached hydrogen (secondary N) is 2. The lowest BCUT2D eigenvalue weighted by molar-refractivity contribution is -0.175. The molecule has 1 saturated heterocycles. The van der Waals surface area contributed by atoms with Crippen LogP contribution in [0.4, 0.5) is 0 Å². The first-order valence-electron chi connectivity index (χ1n) is 8.36. The minimum atomic E-state index is 0.253. The molecular formula is C16H28N2O2. The van der Waals surface area contributed by atoms with E-state index in [1.54, 1.807) is 0 Å². The van der Waals surface area contributed by atoms with E-state index in [9.17, 15) is 4.79 Å². The largest absolute Gasteiger partial charge is 0.378 e. The Bertz CT molecular complexity index is 348. The summed E-state index contributed by atoms with van der Waals surface area (Å²) in [5.74, 6) is 0.958. The number of carbonyl (C=O) groups excluding carboxylic acids is 1. The first kappa shape index (κ1) is 14.3. The van der Waals surface area contributed by atoms with E-state index < -0.39 is 0 Å². The molecule has 0 radical (unpaired) electrons. The third-order valence-corrected chi connectivity index (χ3v) is 5.71. The quantitative estimate of drug-likeness (QED) is 0.780. The van der Waals surface area contributed by atoms with Crippen molar-refractivity contribution >= 4 is 5.91 Å². The van der Waals surface area contributed by atoms with Crippen LogP contribution in [0, 0.1) is 11.3 Å². The molecule has 2 aliphatic carbocycles. The molecule has 3 aliphatic rings. The van der Waals surface area contributed by atoms with E-state index in [4.69, 9.17) is 4.74 Å². The Morgan fingerprint density at radius 3 is 2.90 bits per heavy atom. The summed E-state index contributed by atoms with van der Waals surface area (Å²) in [5, 5.41) is 6.64. The molecule has 3 unspecified atom stereocenters. The average molecular weight is 280 g/mol. The zero-order chi connectivity index (χ0) is 14.0. The maximum Gasteiger partial charge on any atom is 0.220 e. The molecule has 1 spiro atoms. The van der Waals surface area contributed by atoms with E-state index in [1.165, 1.54) is 25.7 Å². The summed E-state index contributed by atoms with van der Waals surface area (Å²) in [5.41, 5.74) is 0.292. The topological polar surface area (TPSA) is 50.4 Å². The van der Waals surface area contributed by atoms with Crippen LogP contribution < -0.4 is 10.6 Å². The lowest BCUT2D eigenvalue weighted by Gasteiger charge is -2.61. The summed E-state index contributed by atoms with van der Waals surface area (Å²) in [6, 6.07) is 0.377. The summed E-state index contributed by atoms with van der Waals surface area (Å²) in [4.78, 5) is 12.1. The summed E-state index contributed by atoms with van der Waals surface area (Å²) in [6.45, 7) is 5.07. The van der Waals surface area contributed by atoms with E-state index in [0.717, 1.165) is 32.5 Å². The molecule has 2 saturated carbocycles. The Hall–Kier alpha value is -0.610. The molecule has 0 bridgehead atoms. The monoisotopic (exact) mass is 280 g/mol. The van der Waals surface area contributed by atoms with Crippen molar-refractivity contribution in [1.29, 1.82) is 0 Å². The van der Waals surface area contributed by atoms with Gasteiger partial charge in [-0.3, -0.25) is 4.79 Å². The number of rotatable bonds is 6. The zero-order valence-electron chi connectivity index (χ0n) is 12.6. The number of amides is 1. The van der Waals surface area contributed by atoms with Gasteiger partial charge in [-0.05, 0) is 58.0 Å². The smallest absolute Gasteiger partial charge is 0.220 e. The molecule has 0 aromatic heterocycles. The van der Waals surface area contributed by atoms with Gasteiger partial charge < -0.3 is 15.4 Å². The van der Waals surface area contributed by atoms with Gasteiger partial charge in [0.1, 0.15) is 0 Å². The molecule has 1 amide bonds. The van der Waals surface area contributed by atoms with Crippen LogP contribution in [-0.2, 0) is 9.53 Å². The summed E-state index contributed by atoms with van der Waals surface area (Å²) in [7, 11) is 0. The van der Waals surface area contributed by atoms with Crippen molar-refractivity contribution in [1.82, 2.24) is 10.6 Å². The van der Waals surface area contributed by atoms with Crippen LogP contribution in [0.3, 0.4) is 0 Å². The Labute approximate surface area is 122 Å². The molecule has 0 aromatic rings. The fraction of sp³-hybridized carbons (Fsp3) is 0.938. The molecule has 20 heavy (non-hydrogen) atoms. The van der Waals surface area contributed by atoms with E-state index in [1.807, 2.05) is 0 Å². The van der Waals surface area contributed by atoms with Gasteiger partial charge in [-0.2, -0.15) is 0 Å². The van der Waals surface area contributed by atoms with Crippen LogP contribution in [0.25, 0.3) is 0 Å². The fourth-order valence-electron chi connectivity index (χ4n) is 4.20. The molecule has 3 atom stereocenters. The lowest BCUT2D eigenvalue weighted by Crippen LogP contribution is -2.67. The number of hydrogen-bond acceptors (Lipinski definition) is 3. The minimum Gasteiger partial charge on any atom is -0.378 e. The van der Waals surface area contributed by atoms with Crippen LogP contribution in [0.15, 0.2) is 0 Å². The van der Waals surface area contributed by atoms with Gasteiger partial charge in [0.15, 0.2) is 0 Å². The van der Waals surface area contributed by atoms with E-state index in [-0.39, 0.29) is 5.91 Å². The first-order chi connectivity index (χ1) is 9.74. The Balaban J connectivity index is 1.42. The fourth-order valence-corrected chi connectivity index (χ4v) is 4.20. The number of ether oxygens (including phenoxy) is 1. The summed E-state index contributed by atoms with van der Waals surface area (Å²) < 4.78 is 5.83. The molecule has 1 heterocycles. The maximum absolute atomic E-state index is 12.1. The second-order valence-electron chi connectivity index (χ2n) is 6.78. The molecule has 3 fully saturated rings. The molecule has 114 valence electrons. The molecule has 3 rings (SSSR count). The van der Waals surface area contributed by atoms with Gasteiger partial charge in [-0.15, -0.1) is 0 Å². The zero-order valence-corrected chi connectivity index (χ0v) is 12.6.